The van der Waals surface area contributed by atoms with Crippen LogP contribution in [0, 0.1) is 0 Å². The van der Waals surface area contributed by atoms with Crippen molar-refractivity contribution in [2.75, 3.05) is 20.1 Å². The average Bonchev–Trinajstić information content (AvgIpc) is 1.80. The van der Waals surface area contributed by atoms with Crippen molar-refractivity contribution in [3.8, 4) is 0 Å². The van der Waals surface area contributed by atoms with Gasteiger partial charge in [0.05, 0.1) is 13.1 Å². The van der Waals surface area contributed by atoms with Crippen molar-refractivity contribution in [2.24, 2.45) is 5.73 Å². The number of urea groups is 1. The molecule has 0 atom stereocenters. The van der Waals surface area contributed by atoms with Gasteiger partial charge in [-0.3, -0.25) is 19.8 Å². The van der Waals surface area contributed by atoms with Crippen LogP contribution in [0.1, 0.15) is 0 Å². The van der Waals surface area contributed by atoms with Gasteiger partial charge >= 0.3 is 12.0 Å². The molecular formula is C6H11N3O4. The third kappa shape index (κ3) is 6.76. The van der Waals surface area contributed by atoms with Crippen molar-refractivity contribution in [3.63, 3.8) is 0 Å². The Balaban J connectivity index is 3.78. The van der Waals surface area contributed by atoms with E-state index < -0.39 is 17.9 Å². The van der Waals surface area contributed by atoms with Gasteiger partial charge in [0.25, 0.3) is 0 Å². The fourth-order valence-corrected chi connectivity index (χ4v) is 0.709. The number of nitrogens with zero attached hydrogens (tertiary/aromatic N) is 1. The van der Waals surface area contributed by atoms with Gasteiger partial charge in [0.2, 0.25) is 5.91 Å². The summed E-state index contributed by atoms with van der Waals surface area (Å²) in [4.78, 5) is 32.4. The van der Waals surface area contributed by atoms with Crippen LogP contribution in [0.2, 0.25) is 0 Å². The molecule has 0 spiro atoms. The van der Waals surface area contributed by atoms with Gasteiger partial charge in [-0.1, -0.05) is 0 Å². The van der Waals surface area contributed by atoms with E-state index in [2.05, 4.69) is 5.73 Å². The van der Waals surface area contributed by atoms with Crippen molar-refractivity contribution in [1.82, 2.24) is 10.2 Å². The molecular weight excluding hydrogens is 178 g/mol. The lowest BCUT2D eigenvalue weighted by molar-refractivity contribution is -0.138. The highest BCUT2D eigenvalue weighted by molar-refractivity contribution is 5.94. The molecule has 3 amide bonds. The van der Waals surface area contributed by atoms with E-state index >= 15 is 0 Å². The van der Waals surface area contributed by atoms with E-state index in [9.17, 15) is 14.4 Å². The number of carboxylic acids is 1. The molecule has 0 aromatic heterocycles. The molecule has 0 radical (unpaired) electrons. The molecule has 0 rings (SSSR count). The van der Waals surface area contributed by atoms with E-state index in [1.165, 1.54) is 11.9 Å². The molecule has 0 saturated heterocycles. The largest absolute Gasteiger partial charge is 0.480 e. The monoisotopic (exact) mass is 189 g/mol. The topological polar surface area (TPSA) is 113 Å². The van der Waals surface area contributed by atoms with Gasteiger partial charge in [-0.2, -0.15) is 0 Å². The summed E-state index contributed by atoms with van der Waals surface area (Å²) in [6.45, 7) is -0.457. The third-order valence-corrected chi connectivity index (χ3v) is 1.08. The van der Waals surface area contributed by atoms with Gasteiger partial charge in [0, 0.05) is 0 Å². The maximum Gasteiger partial charge on any atom is 0.318 e. The van der Waals surface area contributed by atoms with Crippen LogP contribution in [-0.4, -0.2) is 48.1 Å². The van der Waals surface area contributed by atoms with Crippen molar-refractivity contribution in [3.05, 3.63) is 0 Å². The number of nitrogens with two attached hydrogens (primary N) is 1. The smallest absolute Gasteiger partial charge is 0.318 e. The van der Waals surface area contributed by atoms with Gasteiger partial charge in [0.1, 0.15) is 0 Å². The molecule has 0 saturated carbocycles. The highest BCUT2D eigenvalue weighted by Crippen LogP contribution is 1.81. The number of likely N-dealkylation sites (N-methyl/N-ethyl adjacent to an activating group) is 1. The van der Waals surface area contributed by atoms with Crippen molar-refractivity contribution in [2.45, 2.75) is 0 Å². The second-order valence-corrected chi connectivity index (χ2v) is 2.48. The lowest BCUT2D eigenvalue weighted by atomic mass is 10.5. The minimum Gasteiger partial charge on any atom is -0.480 e. The Hall–Kier alpha value is -1.63. The summed E-state index contributed by atoms with van der Waals surface area (Å²) >= 11 is 0. The number of carbonyl (C=O) groups excluding carboxylic acids is 2. The average molecular weight is 189 g/mol. The van der Waals surface area contributed by atoms with Gasteiger partial charge in [-0.05, 0) is 7.05 Å². The first-order valence-electron chi connectivity index (χ1n) is 3.41. The molecule has 74 valence electrons. The summed E-state index contributed by atoms with van der Waals surface area (Å²) in [6.07, 6.45) is 0. The van der Waals surface area contributed by atoms with Crippen molar-refractivity contribution in [1.29, 1.82) is 0 Å². The van der Waals surface area contributed by atoms with Crippen LogP contribution >= 0.6 is 0 Å². The Morgan fingerprint density at radius 2 is 1.92 bits per heavy atom. The number of nitrogens with one attached hydrogen (secondary N) is 1. The van der Waals surface area contributed by atoms with Gasteiger partial charge in [-0.15, -0.1) is 0 Å². The standard InChI is InChI=1S/C6H11N3O4/c1-9(3-5(11)12)2-4(10)8-6(7)13/h2-3H2,1H3,(H,11,12)(H3,7,8,10,13). The van der Waals surface area contributed by atoms with E-state index in [0.29, 0.717) is 0 Å². The first-order chi connectivity index (χ1) is 5.91. The number of carboxylic acid groups (broad SMARTS) is 1. The number of rotatable bonds is 4. The Bertz CT molecular complexity index is 228. The van der Waals surface area contributed by atoms with Crippen LogP contribution in [0.5, 0.6) is 0 Å². The fourth-order valence-electron chi connectivity index (χ4n) is 0.709. The second kappa shape index (κ2) is 5.09. The van der Waals surface area contributed by atoms with Gasteiger partial charge in [0.15, 0.2) is 0 Å². The van der Waals surface area contributed by atoms with E-state index in [0.717, 1.165) is 0 Å². The number of aliphatic carboxylic acids is 1. The molecule has 0 aromatic rings. The number of imide groups is 1. The number of amides is 3. The minimum absolute atomic E-state index is 0.185. The normalized spacial score (nSPS) is 9.69. The number of hydrogen-bond acceptors (Lipinski definition) is 4. The molecule has 4 N–H and O–H groups in total. The number of carbonyl (C=O) groups is 3. The Morgan fingerprint density at radius 3 is 2.31 bits per heavy atom. The first kappa shape index (κ1) is 11.4. The lowest BCUT2D eigenvalue weighted by Crippen LogP contribution is -2.42. The lowest BCUT2D eigenvalue weighted by Gasteiger charge is -2.11. The quantitative estimate of drug-likeness (QED) is 0.482. The second-order valence-electron chi connectivity index (χ2n) is 2.48. The number of primary amides is 1. The molecule has 0 aliphatic heterocycles. The van der Waals surface area contributed by atoms with E-state index in [1.807, 2.05) is 5.32 Å². The summed E-state index contributed by atoms with van der Waals surface area (Å²) in [5.74, 6) is -1.68. The maximum absolute atomic E-state index is 10.8. The predicted octanol–water partition coefficient (Wildman–Crippen LogP) is -1.80. The summed E-state index contributed by atoms with van der Waals surface area (Å²) in [7, 11) is 1.44. The van der Waals surface area contributed by atoms with Crippen LogP contribution < -0.4 is 11.1 Å². The minimum atomic E-state index is -1.05. The number of hydrogen-bond donors (Lipinski definition) is 3. The van der Waals surface area contributed by atoms with Crippen LogP contribution in [0.4, 0.5) is 4.79 Å². The molecule has 0 unspecified atom stereocenters. The Labute approximate surface area is 74.5 Å². The maximum atomic E-state index is 10.8. The highest BCUT2D eigenvalue weighted by Gasteiger charge is 2.10. The van der Waals surface area contributed by atoms with Crippen LogP contribution in [0.3, 0.4) is 0 Å². The van der Waals surface area contributed by atoms with E-state index in [4.69, 9.17) is 5.11 Å². The first-order valence-corrected chi connectivity index (χ1v) is 3.41. The fraction of sp³-hybridized carbons (Fsp3) is 0.500. The molecule has 0 heterocycles. The Kier molecular flexibility index (Phi) is 4.45. The van der Waals surface area contributed by atoms with Gasteiger partial charge < -0.3 is 10.8 Å². The van der Waals surface area contributed by atoms with Crippen molar-refractivity contribution >= 4 is 17.9 Å². The van der Waals surface area contributed by atoms with Crippen LogP contribution in [-0.2, 0) is 9.59 Å². The van der Waals surface area contributed by atoms with Crippen LogP contribution in [0.25, 0.3) is 0 Å². The zero-order valence-corrected chi connectivity index (χ0v) is 7.11. The molecule has 0 bridgehead atoms. The molecule has 7 nitrogen and oxygen atoms in total. The SMILES string of the molecule is CN(CC(=O)O)CC(=O)NC(N)=O. The third-order valence-electron chi connectivity index (χ3n) is 1.08. The molecule has 0 aromatic carbocycles. The molecule has 0 aliphatic carbocycles. The van der Waals surface area contributed by atoms with E-state index in [-0.39, 0.29) is 13.1 Å². The summed E-state index contributed by atoms with van der Waals surface area (Å²) in [5.41, 5.74) is 4.66. The Morgan fingerprint density at radius 1 is 1.38 bits per heavy atom. The zero-order chi connectivity index (χ0) is 10.4. The highest BCUT2D eigenvalue weighted by atomic mass is 16.4. The molecule has 7 heteroatoms. The molecule has 13 heavy (non-hydrogen) atoms. The predicted molar refractivity (Wildman–Crippen MR) is 42.9 cm³/mol. The summed E-state index contributed by atoms with van der Waals surface area (Å²) < 4.78 is 0. The van der Waals surface area contributed by atoms with Crippen LogP contribution in [0.15, 0.2) is 0 Å². The molecule has 0 aliphatic rings. The van der Waals surface area contributed by atoms with Crippen molar-refractivity contribution < 1.29 is 19.5 Å². The molecule has 0 fully saturated rings. The van der Waals surface area contributed by atoms with Gasteiger partial charge in [-0.25, -0.2) is 4.79 Å². The summed E-state index contributed by atoms with van der Waals surface area (Å²) in [5, 5.41) is 10.1. The zero-order valence-electron chi connectivity index (χ0n) is 7.11. The summed E-state index contributed by atoms with van der Waals surface area (Å²) in [6, 6.07) is -0.950. The van der Waals surface area contributed by atoms with E-state index in [1.54, 1.807) is 0 Å².